The summed E-state index contributed by atoms with van der Waals surface area (Å²) in [7, 11) is 1.36. The Morgan fingerprint density at radius 1 is 1.30 bits per heavy atom. The molecular formula is C20H17ClFN3O2. The summed E-state index contributed by atoms with van der Waals surface area (Å²) in [6.45, 7) is 0.324. The zero-order chi connectivity index (χ0) is 19.0. The van der Waals surface area contributed by atoms with Gasteiger partial charge in [0, 0.05) is 17.5 Å². The highest BCUT2D eigenvalue weighted by Crippen LogP contribution is 2.41. The summed E-state index contributed by atoms with van der Waals surface area (Å²) >= 11 is 6.08. The number of hydrogen-bond donors (Lipinski definition) is 1. The van der Waals surface area contributed by atoms with Crippen molar-refractivity contribution >= 4 is 34.2 Å². The van der Waals surface area contributed by atoms with E-state index < -0.39 is 5.82 Å². The van der Waals surface area contributed by atoms with Crippen molar-refractivity contribution in [3.63, 3.8) is 0 Å². The molecule has 1 fully saturated rings. The Morgan fingerprint density at radius 2 is 2.11 bits per heavy atom. The largest absolute Gasteiger partial charge is 0.465 e. The minimum atomic E-state index is -0.455. The third-order valence-electron chi connectivity index (χ3n) is 4.61. The molecule has 0 aliphatic heterocycles. The number of halogens is 2. The standard InChI is InChI=1S/C20H17ClFN3O2/c1-27-20(26)14-5-4-12(25-18(14)11-2-3-11)10-24-16-7-6-13-15(21)8-9-23-19(13)17(16)22/h4-9,11,24H,2-3,10H2,1H3. The molecule has 1 aliphatic carbocycles. The molecule has 0 spiro atoms. The lowest BCUT2D eigenvalue weighted by molar-refractivity contribution is 0.0598. The van der Waals surface area contributed by atoms with E-state index in [2.05, 4.69) is 15.3 Å². The second kappa shape index (κ2) is 7.12. The van der Waals surface area contributed by atoms with E-state index >= 15 is 0 Å². The van der Waals surface area contributed by atoms with Crippen molar-refractivity contribution in [3.8, 4) is 0 Å². The fraction of sp³-hybridized carbons (Fsp3) is 0.250. The lowest BCUT2D eigenvalue weighted by Gasteiger charge is -2.12. The van der Waals surface area contributed by atoms with Crippen LogP contribution in [0.4, 0.5) is 10.1 Å². The van der Waals surface area contributed by atoms with Gasteiger partial charge in [0.25, 0.3) is 0 Å². The average molecular weight is 386 g/mol. The summed E-state index contributed by atoms with van der Waals surface area (Å²) in [5.41, 5.74) is 2.53. The molecule has 1 aromatic carbocycles. The van der Waals surface area contributed by atoms with Gasteiger partial charge in [0.2, 0.25) is 0 Å². The number of carbonyl (C=O) groups excluding carboxylic acids is 1. The van der Waals surface area contributed by atoms with Crippen molar-refractivity contribution in [2.75, 3.05) is 12.4 Å². The van der Waals surface area contributed by atoms with Crippen molar-refractivity contribution < 1.29 is 13.9 Å². The summed E-state index contributed by atoms with van der Waals surface area (Å²) in [6, 6.07) is 8.47. The summed E-state index contributed by atoms with van der Waals surface area (Å²) < 4.78 is 19.5. The topological polar surface area (TPSA) is 64.1 Å². The van der Waals surface area contributed by atoms with Crippen molar-refractivity contribution in [3.05, 3.63) is 64.3 Å². The monoisotopic (exact) mass is 385 g/mol. The van der Waals surface area contributed by atoms with E-state index in [1.165, 1.54) is 13.3 Å². The summed E-state index contributed by atoms with van der Waals surface area (Å²) in [5.74, 6) is -0.543. The number of benzene rings is 1. The molecule has 7 heteroatoms. The van der Waals surface area contributed by atoms with Crippen LogP contribution in [0.15, 0.2) is 36.5 Å². The molecule has 0 bridgehead atoms. The van der Waals surface area contributed by atoms with Crippen LogP contribution < -0.4 is 5.32 Å². The highest BCUT2D eigenvalue weighted by atomic mass is 35.5. The van der Waals surface area contributed by atoms with Gasteiger partial charge in [-0.25, -0.2) is 9.18 Å². The molecule has 1 N–H and O–H groups in total. The van der Waals surface area contributed by atoms with Crippen molar-refractivity contribution in [1.29, 1.82) is 0 Å². The van der Waals surface area contributed by atoms with Crippen LogP contribution in [-0.2, 0) is 11.3 Å². The minimum Gasteiger partial charge on any atom is -0.465 e. The molecule has 27 heavy (non-hydrogen) atoms. The molecule has 5 nitrogen and oxygen atoms in total. The van der Waals surface area contributed by atoms with Gasteiger partial charge in [-0.3, -0.25) is 9.97 Å². The summed E-state index contributed by atoms with van der Waals surface area (Å²) in [6.07, 6.45) is 3.51. The smallest absolute Gasteiger partial charge is 0.339 e. The summed E-state index contributed by atoms with van der Waals surface area (Å²) in [4.78, 5) is 20.6. The van der Waals surface area contributed by atoms with Crippen molar-refractivity contribution in [2.24, 2.45) is 0 Å². The third kappa shape index (κ3) is 3.45. The van der Waals surface area contributed by atoms with E-state index in [4.69, 9.17) is 16.3 Å². The first-order chi connectivity index (χ1) is 13.1. The van der Waals surface area contributed by atoms with E-state index in [0.29, 0.717) is 34.1 Å². The Morgan fingerprint density at radius 3 is 2.85 bits per heavy atom. The van der Waals surface area contributed by atoms with Gasteiger partial charge in [-0.1, -0.05) is 11.6 Å². The van der Waals surface area contributed by atoms with Crippen LogP contribution in [0.1, 0.15) is 40.5 Å². The number of methoxy groups -OCH3 is 1. The zero-order valence-corrected chi connectivity index (χ0v) is 15.4. The number of carbonyl (C=O) groups is 1. The second-order valence-electron chi connectivity index (χ2n) is 6.47. The minimum absolute atomic E-state index is 0.222. The van der Waals surface area contributed by atoms with Crippen LogP contribution in [0.2, 0.25) is 5.02 Å². The lowest BCUT2D eigenvalue weighted by Crippen LogP contribution is -2.10. The predicted octanol–water partition coefficient (Wildman–Crippen LogP) is 4.70. The van der Waals surface area contributed by atoms with Gasteiger partial charge in [-0.05, 0) is 43.2 Å². The highest BCUT2D eigenvalue weighted by molar-refractivity contribution is 6.35. The quantitative estimate of drug-likeness (QED) is 0.645. The molecule has 1 aliphatic rings. The number of anilines is 1. The number of aromatic nitrogens is 2. The normalized spacial score (nSPS) is 13.6. The molecule has 0 saturated heterocycles. The average Bonchev–Trinajstić information content (AvgIpc) is 3.52. The molecule has 2 aromatic heterocycles. The van der Waals surface area contributed by atoms with Gasteiger partial charge in [0.15, 0.2) is 5.82 Å². The number of nitrogens with zero attached hydrogens (tertiary/aromatic N) is 2. The Kier molecular flexibility index (Phi) is 4.66. The van der Waals surface area contributed by atoms with Gasteiger partial charge in [0.05, 0.1) is 41.3 Å². The molecule has 4 rings (SSSR count). The number of esters is 1. The molecular weight excluding hydrogens is 369 g/mol. The van der Waals surface area contributed by atoms with Gasteiger partial charge in [-0.15, -0.1) is 0 Å². The Bertz CT molecular complexity index is 1040. The third-order valence-corrected chi connectivity index (χ3v) is 4.94. The van der Waals surface area contributed by atoms with Crippen LogP contribution in [0.25, 0.3) is 10.9 Å². The van der Waals surface area contributed by atoms with E-state index in [9.17, 15) is 9.18 Å². The molecule has 1 saturated carbocycles. The number of rotatable bonds is 5. The Balaban J connectivity index is 1.59. The van der Waals surface area contributed by atoms with Crippen LogP contribution in [0.5, 0.6) is 0 Å². The number of pyridine rings is 2. The van der Waals surface area contributed by atoms with E-state index in [1.807, 2.05) is 0 Å². The number of hydrogen-bond acceptors (Lipinski definition) is 5. The maximum atomic E-state index is 14.7. The van der Waals surface area contributed by atoms with Gasteiger partial charge < -0.3 is 10.1 Å². The fourth-order valence-electron chi connectivity index (χ4n) is 3.04. The van der Waals surface area contributed by atoms with Gasteiger partial charge >= 0.3 is 5.97 Å². The Hall–Kier alpha value is -2.73. The van der Waals surface area contributed by atoms with Crippen LogP contribution >= 0.6 is 11.6 Å². The highest BCUT2D eigenvalue weighted by Gasteiger charge is 2.30. The van der Waals surface area contributed by atoms with E-state index in [0.717, 1.165) is 24.2 Å². The molecule has 3 aromatic rings. The first kappa shape index (κ1) is 17.7. The maximum absolute atomic E-state index is 14.7. The molecule has 0 unspecified atom stereocenters. The maximum Gasteiger partial charge on any atom is 0.339 e. The molecule has 0 atom stereocenters. The Labute approximate surface area is 160 Å². The first-order valence-corrected chi connectivity index (χ1v) is 9.01. The first-order valence-electron chi connectivity index (χ1n) is 8.63. The fourth-order valence-corrected chi connectivity index (χ4v) is 3.25. The number of nitrogens with one attached hydrogen (secondary N) is 1. The molecule has 0 amide bonds. The van der Waals surface area contributed by atoms with Gasteiger partial charge in [0.1, 0.15) is 5.52 Å². The number of ether oxygens (including phenoxy) is 1. The van der Waals surface area contributed by atoms with E-state index in [1.54, 1.807) is 30.3 Å². The van der Waals surface area contributed by atoms with E-state index in [-0.39, 0.29) is 11.5 Å². The summed E-state index contributed by atoms with van der Waals surface area (Å²) in [5, 5.41) is 4.08. The van der Waals surface area contributed by atoms with Gasteiger partial charge in [-0.2, -0.15) is 0 Å². The molecule has 2 heterocycles. The number of fused-ring (bicyclic) bond motifs is 1. The van der Waals surface area contributed by atoms with Crippen LogP contribution in [0.3, 0.4) is 0 Å². The molecule has 0 radical (unpaired) electrons. The lowest BCUT2D eigenvalue weighted by atomic mass is 10.1. The SMILES string of the molecule is COC(=O)c1ccc(CNc2ccc3c(Cl)ccnc3c2F)nc1C1CC1. The van der Waals surface area contributed by atoms with Crippen LogP contribution in [0, 0.1) is 5.82 Å². The van der Waals surface area contributed by atoms with Crippen molar-refractivity contribution in [1.82, 2.24) is 9.97 Å². The molecule has 138 valence electrons. The predicted molar refractivity (Wildman–Crippen MR) is 102 cm³/mol. The zero-order valence-electron chi connectivity index (χ0n) is 14.6. The second-order valence-corrected chi connectivity index (χ2v) is 6.88. The van der Waals surface area contributed by atoms with Crippen LogP contribution in [-0.4, -0.2) is 23.0 Å². The van der Waals surface area contributed by atoms with Crippen molar-refractivity contribution in [2.45, 2.75) is 25.3 Å².